The molecule has 2 aliphatic rings. The van der Waals surface area contributed by atoms with Crippen molar-refractivity contribution in [2.45, 2.75) is 96.1 Å². The van der Waals surface area contributed by atoms with Crippen molar-refractivity contribution in [2.24, 2.45) is 17.8 Å². The van der Waals surface area contributed by atoms with Gasteiger partial charge in [0.1, 0.15) is 0 Å². The van der Waals surface area contributed by atoms with Crippen molar-refractivity contribution >= 4 is 0 Å². The number of benzene rings is 1. The van der Waals surface area contributed by atoms with Crippen molar-refractivity contribution < 1.29 is 13.2 Å². The first kappa shape index (κ1) is 20.7. The zero-order valence-corrected chi connectivity index (χ0v) is 16.7. The molecule has 0 heterocycles. The predicted molar refractivity (Wildman–Crippen MR) is 106 cm³/mol. The summed E-state index contributed by atoms with van der Waals surface area (Å²) < 4.78 is 37.1. The van der Waals surface area contributed by atoms with E-state index in [1.54, 1.807) is 0 Å². The molecule has 27 heavy (non-hydrogen) atoms. The second-order valence-corrected chi connectivity index (χ2v) is 9.04. The van der Waals surface area contributed by atoms with Crippen molar-refractivity contribution in [2.75, 3.05) is 0 Å². The Bertz CT molecular complexity index is 544. The molecule has 3 heteroatoms. The molecule has 0 bridgehead atoms. The summed E-state index contributed by atoms with van der Waals surface area (Å²) in [6, 6.07) is 7.96. The van der Waals surface area contributed by atoms with E-state index in [4.69, 9.17) is 0 Å². The first-order valence-corrected chi connectivity index (χ1v) is 11.1. The summed E-state index contributed by atoms with van der Waals surface area (Å²) >= 11 is 0. The van der Waals surface area contributed by atoms with Crippen LogP contribution in [0.1, 0.15) is 94.6 Å². The van der Waals surface area contributed by atoms with E-state index in [1.807, 2.05) is 12.1 Å². The summed E-state index contributed by atoms with van der Waals surface area (Å²) in [6.45, 7) is 2.30. The maximum atomic E-state index is 12.4. The van der Waals surface area contributed by atoms with E-state index in [-0.39, 0.29) is 6.42 Å². The SMILES string of the molecule is CCCC1CCC(C2CCC(c3ccc(CCC(F)(F)F)cc3)CC2)CC1. The molecule has 0 unspecified atom stereocenters. The van der Waals surface area contributed by atoms with E-state index in [0.29, 0.717) is 5.92 Å². The summed E-state index contributed by atoms with van der Waals surface area (Å²) in [5.74, 6) is 3.45. The lowest BCUT2D eigenvalue weighted by molar-refractivity contribution is -0.133. The number of hydrogen-bond donors (Lipinski definition) is 0. The fourth-order valence-electron chi connectivity index (χ4n) is 5.52. The zero-order valence-electron chi connectivity index (χ0n) is 16.7. The topological polar surface area (TPSA) is 0 Å². The molecule has 2 fully saturated rings. The Labute approximate surface area is 162 Å². The summed E-state index contributed by atoms with van der Waals surface area (Å²) in [6.07, 6.45) is 8.99. The Balaban J connectivity index is 1.44. The van der Waals surface area contributed by atoms with E-state index in [9.17, 15) is 13.2 Å². The van der Waals surface area contributed by atoms with Crippen LogP contribution in [-0.2, 0) is 6.42 Å². The van der Waals surface area contributed by atoms with Crippen molar-refractivity contribution in [3.05, 3.63) is 35.4 Å². The summed E-state index contributed by atoms with van der Waals surface area (Å²) in [7, 11) is 0. The third-order valence-corrected chi connectivity index (χ3v) is 7.18. The van der Waals surface area contributed by atoms with Crippen LogP contribution < -0.4 is 0 Å². The van der Waals surface area contributed by atoms with Crippen LogP contribution in [0.15, 0.2) is 24.3 Å². The molecule has 0 aromatic heterocycles. The molecule has 0 saturated heterocycles. The highest BCUT2D eigenvalue weighted by atomic mass is 19.4. The van der Waals surface area contributed by atoms with Crippen LogP contribution in [0.2, 0.25) is 0 Å². The smallest absolute Gasteiger partial charge is 0.171 e. The molecule has 1 aromatic rings. The Kier molecular flexibility index (Phi) is 7.28. The monoisotopic (exact) mass is 380 g/mol. The molecule has 3 rings (SSSR count). The molecule has 152 valence electrons. The van der Waals surface area contributed by atoms with Crippen LogP contribution in [0.3, 0.4) is 0 Å². The lowest BCUT2D eigenvalue weighted by Crippen LogP contribution is -2.25. The minimum atomic E-state index is -4.06. The largest absolute Gasteiger partial charge is 0.389 e. The van der Waals surface area contributed by atoms with E-state index in [1.165, 1.54) is 69.8 Å². The van der Waals surface area contributed by atoms with Gasteiger partial charge in [-0.05, 0) is 79.7 Å². The molecule has 0 spiro atoms. The molecule has 0 amide bonds. The molecule has 0 aliphatic heterocycles. The van der Waals surface area contributed by atoms with Crippen molar-refractivity contribution in [1.82, 2.24) is 0 Å². The van der Waals surface area contributed by atoms with Gasteiger partial charge >= 0.3 is 6.18 Å². The number of alkyl halides is 3. The van der Waals surface area contributed by atoms with Crippen LogP contribution in [0, 0.1) is 17.8 Å². The number of halogens is 3. The zero-order chi connectivity index (χ0) is 19.3. The fourth-order valence-corrected chi connectivity index (χ4v) is 5.52. The van der Waals surface area contributed by atoms with Gasteiger partial charge in [-0.25, -0.2) is 0 Å². The molecular formula is C24H35F3. The lowest BCUT2D eigenvalue weighted by Gasteiger charge is -2.38. The van der Waals surface area contributed by atoms with Gasteiger partial charge in [-0.2, -0.15) is 13.2 Å². The molecule has 0 radical (unpaired) electrons. The number of hydrogen-bond acceptors (Lipinski definition) is 0. The van der Waals surface area contributed by atoms with Crippen LogP contribution in [0.4, 0.5) is 13.2 Å². The van der Waals surface area contributed by atoms with Crippen LogP contribution in [-0.4, -0.2) is 6.18 Å². The fraction of sp³-hybridized carbons (Fsp3) is 0.750. The normalized spacial score (nSPS) is 29.6. The van der Waals surface area contributed by atoms with Gasteiger partial charge in [0, 0.05) is 6.42 Å². The first-order chi connectivity index (χ1) is 12.9. The maximum Gasteiger partial charge on any atom is 0.389 e. The molecule has 2 saturated carbocycles. The van der Waals surface area contributed by atoms with Gasteiger partial charge in [0.25, 0.3) is 0 Å². The second kappa shape index (κ2) is 9.47. The van der Waals surface area contributed by atoms with Gasteiger partial charge in [0.05, 0.1) is 0 Å². The quantitative estimate of drug-likeness (QED) is 0.468. The standard InChI is InChI=1S/C24H35F3/c1-2-3-18-4-8-20(9-5-18)22-12-14-23(15-13-22)21-10-6-19(7-11-21)16-17-24(25,26)27/h6-7,10-11,18,20,22-23H,2-5,8-9,12-17H2,1H3. The molecule has 0 N–H and O–H groups in total. The average molecular weight is 381 g/mol. The van der Waals surface area contributed by atoms with E-state index >= 15 is 0 Å². The van der Waals surface area contributed by atoms with E-state index < -0.39 is 12.6 Å². The Morgan fingerprint density at radius 1 is 0.815 bits per heavy atom. The predicted octanol–water partition coefficient (Wildman–Crippen LogP) is 8.06. The Hall–Kier alpha value is -0.990. The molecular weight excluding hydrogens is 345 g/mol. The summed E-state index contributed by atoms with van der Waals surface area (Å²) in [4.78, 5) is 0. The van der Waals surface area contributed by atoms with Gasteiger partial charge in [-0.1, -0.05) is 56.9 Å². The Morgan fingerprint density at radius 2 is 1.37 bits per heavy atom. The van der Waals surface area contributed by atoms with Gasteiger partial charge < -0.3 is 0 Å². The lowest BCUT2D eigenvalue weighted by atomic mass is 9.68. The van der Waals surface area contributed by atoms with Crippen LogP contribution in [0.25, 0.3) is 0 Å². The minimum Gasteiger partial charge on any atom is -0.171 e. The van der Waals surface area contributed by atoms with E-state index in [0.717, 1.165) is 23.3 Å². The van der Waals surface area contributed by atoms with Crippen LogP contribution in [0.5, 0.6) is 0 Å². The Morgan fingerprint density at radius 3 is 1.89 bits per heavy atom. The van der Waals surface area contributed by atoms with Gasteiger partial charge in [-0.3, -0.25) is 0 Å². The highest BCUT2D eigenvalue weighted by Crippen LogP contribution is 2.44. The van der Waals surface area contributed by atoms with Crippen LogP contribution >= 0.6 is 0 Å². The van der Waals surface area contributed by atoms with E-state index in [2.05, 4.69) is 19.1 Å². The van der Waals surface area contributed by atoms with Crippen molar-refractivity contribution in [1.29, 1.82) is 0 Å². The highest BCUT2D eigenvalue weighted by Gasteiger charge is 2.31. The maximum absolute atomic E-state index is 12.4. The van der Waals surface area contributed by atoms with Crippen molar-refractivity contribution in [3.8, 4) is 0 Å². The average Bonchev–Trinajstić information content (AvgIpc) is 2.67. The third-order valence-electron chi connectivity index (χ3n) is 7.18. The first-order valence-electron chi connectivity index (χ1n) is 11.1. The molecule has 0 nitrogen and oxygen atoms in total. The molecule has 0 atom stereocenters. The van der Waals surface area contributed by atoms with Crippen molar-refractivity contribution in [3.63, 3.8) is 0 Å². The molecule has 1 aromatic carbocycles. The number of aryl methyl sites for hydroxylation is 1. The number of rotatable bonds is 6. The molecule has 2 aliphatic carbocycles. The minimum absolute atomic E-state index is 0.0945. The summed E-state index contributed by atoms with van der Waals surface area (Å²) in [5.41, 5.74) is 2.13. The van der Waals surface area contributed by atoms with Gasteiger partial charge in [0.15, 0.2) is 0 Å². The summed E-state index contributed by atoms with van der Waals surface area (Å²) in [5, 5.41) is 0. The highest BCUT2D eigenvalue weighted by molar-refractivity contribution is 5.26. The van der Waals surface area contributed by atoms with Gasteiger partial charge in [-0.15, -0.1) is 0 Å². The second-order valence-electron chi connectivity index (χ2n) is 9.04. The third kappa shape index (κ3) is 6.26. The van der Waals surface area contributed by atoms with Gasteiger partial charge in [0.2, 0.25) is 0 Å².